The Morgan fingerprint density at radius 1 is 0.592 bits per heavy atom. The van der Waals surface area contributed by atoms with E-state index < -0.39 is 59.6 Å². The second-order valence-corrected chi connectivity index (χ2v) is 20.3. The minimum Gasteiger partial charge on any atom is -0.496 e. The number of fused-ring (bicyclic) bond motifs is 4. The van der Waals surface area contributed by atoms with E-state index >= 15 is 4.79 Å². The molecule has 9 rings (SSSR count). The van der Waals surface area contributed by atoms with Gasteiger partial charge in [0.05, 0.1) is 80.8 Å². The van der Waals surface area contributed by atoms with Gasteiger partial charge in [-0.3, -0.25) is 33.8 Å². The Kier molecular flexibility index (Phi) is 15.8. The van der Waals surface area contributed by atoms with Gasteiger partial charge in [0.2, 0.25) is 11.8 Å². The topological polar surface area (TPSA) is 195 Å². The van der Waals surface area contributed by atoms with Gasteiger partial charge in [-0.1, -0.05) is 80.4 Å². The average Bonchev–Trinajstić information content (AvgIpc) is 3.62. The molecule has 0 bridgehead atoms. The number of aromatic nitrogens is 1. The van der Waals surface area contributed by atoms with Crippen molar-refractivity contribution < 1.29 is 38.2 Å². The van der Waals surface area contributed by atoms with Crippen LogP contribution in [0.2, 0.25) is 0 Å². The van der Waals surface area contributed by atoms with Crippen LogP contribution in [0.4, 0.5) is 22.7 Å². The summed E-state index contributed by atoms with van der Waals surface area (Å²) >= 11 is 7.13. The van der Waals surface area contributed by atoms with Gasteiger partial charge >= 0.3 is 0 Å². The van der Waals surface area contributed by atoms with Crippen molar-refractivity contribution >= 4 is 112 Å². The molecule has 2 aliphatic rings. The monoisotopic (exact) mass is 1150 g/mol. The highest BCUT2D eigenvalue weighted by Gasteiger charge is 2.41. The third-order valence-corrected chi connectivity index (χ3v) is 15.0. The highest BCUT2D eigenvalue weighted by atomic mass is 79.9. The van der Waals surface area contributed by atoms with E-state index in [1.165, 1.54) is 28.1 Å². The summed E-state index contributed by atoms with van der Waals surface area (Å²) in [6.45, 7) is 2.89. The highest BCUT2D eigenvalue weighted by molar-refractivity contribution is 9.10. The number of methoxy groups -OCH3 is 2. The first kappa shape index (κ1) is 53.1. The van der Waals surface area contributed by atoms with Crippen LogP contribution in [0.1, 0.15) is 45.8 Å². The summed E-state index contributed by atoms with van der Waals surface area (Å²) < 4.78 is 13.4. The Labute approximate surface area is 456 Å². The molecule has 6 aromatic carbocycles. The zero-order chi connectivity index (χ0) is 53.9. The number of carbonyl (C=O) groups is 6. The molecule has 4 atom stereocenters. The Morgan fingerprint density at radius 2 is 1.03 bits per heavy atom. The molecule has 6 amide bonds. The Balaban J connectivity index is 1.07. The van der Waals surface area contributed by atoms with Crippen molar-refractivity contribution in [2.45, 2.75) is 51.1 Å². The molecule has 0 spiro atoms. The normalized spacial score (nSPS) is 16.3. The van der Waals surface area contributed by atoms with Crippen LogP contribution < -0.4 is 50.3 Å². The molecular formula is C57H55Br2N9O8. The van der Waals surface area contributed by atoms with Crippen LogP contribution in [-0.4, -0.2) is 106 Å². The lowest BCUT2D eigenvalue weighted by molar-refractivity contribution is -0.128. The van der Waals surface area contributed by atoms with Crippen molar-refractivity contribution in [1.82, 2.24) is 26.3 Å². The van der Waals surface area contributed by atoms with Crippen LogP contribution >= 0.6 is 31.9 Å². The number of pyridine rings is 1. The number of hydrogen-bond donors (Lipinski definition) is 4. The van der Waals surface area contributed by atoms with Crippen LogP contribution in [0.25, 0.3) is 21.5 Å². The Hall–Kier alpha value is -7.71. The minimum absolute atomic E-state index is 0.0284. The molecule has 0 fully saturated rings. The molecule has 0 aliphatic carbocycles. The van der Waals surface area contributed by atoms with E-state index in [2.05, 4.69) is 58.1 Å². The van der Waals surface area contributed by atoms with Gasteiger partial charge < -0.3 is 50.3 Å². The predicted octanol–water partition coefficient (Wildman–Crippen LogP) is 7.50. The van der Waals surface area contributed by atoms with Gasteiger partial charge in [0.15, 0.2) is 0 Å². The number of carbonyl (C=O) groups excluding carboxylic acids is 6. The quantitative estimate of drug-likeness (QED) is 0.0843. The van der Waals surface area contributed by atoms with Crippen molar-refractivity contribution in [2.24, 2.45) is 0 Å². The van der Waals surface area contributed by atoms with Crippen LogP contribution in [0.3, 0.4) is 0 Å². The largest absolute Gasteiger partial charge is 0.496 e. The molecule has 19 heteroatoms. The fraction of sp³-hybridized carbons (Fsp3) is 0.246. The number of para-hydroxylation sites is 4. The van der Waals surface area contributed by atoms with E-state index in [9.17, 15) is 24.0 Å². The summed E-state index contributed by atoms with van der Waals surface area (Å²) in [4.78, 5) is 97.6. The molecule has 7 aromatic rings. The SMILES string of the molecule is CN[C@@H](C)C(=O)N[C@H]1CN(C(=O)c2ccc(C(=O)N3C[C@H](NC(=O)[C@H](C)NC)C(=O)N(Cc4c(OC)ccc5cc(Br)ccc45)c4ccccc43)nc2)c2ccccc2N(Cc2c(OC)ccc3cc(Br)ccc23)C1=O. The number of likely N-dealkylation sites (N-methyl/N-ethyl adjacent to an activating group) is 2. The zero-order valence-electron chi connectivity index (χ0n) is 42.5. The third-order valence-electron chi connectivity index (χ3n) is 14.0. The Morgan fingerprint density at radius 3 is 1.43 bits per heavy atom. The van der Waals surface area contributed by atoms with Crippen LogP contribution in [0.5, 0.6) is 11.5 Å². The van der Waals surface area contributed by atoms with Crippen LogP contribution in [0, 0.1) is 0 Å². The second kappa shape index (κ2) is 22.6. The van der Waals surface area contributed by atoms with E-state index in [4.69, 9.17) is 9.47 Å². The first-order valence-electron chi connectivity index (χ1n) is 24.5. The fourth-order valence-electron chi connectivity index (χ4n) is 9.61. The molecule has 0 radical (unpaired) electrons. The van der Waals surface area contributed by atoms with E-state index in [0.29, 0.717) is 34.2 Å². The lowest BCUT2D eigenvalue weighted by Crippen LogP contribution is -2.55. The highest BCUT2D eigenvalue weighted by Crippen LogP contribution is 2.40. The van der Waals surface area contributed by atoms with Crippen molar-refractivity contribution in [3.8, 4) is 11.5 Å². The molecule has 4 N–H and O–H groups in total. The molecule has 1 aromatic heterocycles. The first-order chi connectivity index (χ1) is 36.6. The maximum absolute atomic E-state index is 15.0. The summed E-state index contributed by atoms with van der Waals surface area (Å²) in [5.41, 5.74) is 3.07. The van der Waals surface area contributed by atoms with Gasteiger partial charge in [0, 0.05) is 26.3 Å². The van der Waals surface area contributed by atoms with Crippen LogP contribution in [0.15, 0.2) is 136 Å². The van der Waals surface area contributed by atoms with E-state index in [0.717, 1.165) is 41.6 Å². The minimum atomic E-state index is -1.21. The standard InChI is InChI=1S/C57H55Br2N9O8/c1-32(60-3)52(69)63-44-30-67(48-13-9-7-11-46(48)65(56(44)73)28-41-39-20-18-37(58)25-34(39)16-23-50(41)75-5)54(71)36-15-22-43(62-27-36)55(72)68-31-45(64-53(70)33(2)61-4)57(74)66(47-12-8-10-14-49(47)68)29-42-40-21-19-38(59)26-35(40)17-24-51(42)76-6/h7-27,32-33,44-45,60-61H,28-31H2,1-6H3,(H,63,69)(H,64,70)/t32-,33-,44-,45-/m0/s1. The molecule has 17 nitrogen and oxygen atoms in total. The number of rotatable bonds is 14. The molecule has 390 valence electrons. The summed E-state index contributed by atoms with van der Waals surface area (Å²) in [5.74, 6) is -1.87. The number of benzene rings is 6. The molecule has 0 unspecified atom stereocenters. The number of anilines is 4. The van der Waals surface area contributed by atoms with Crippen LogP contribution in [-0.2, 0) is 32.3 Å². The molecular weight excluding hydrogens is 1100 g/mol. The number of ether oxygens (including phenoxy) is 2. The fourth-order valence-corrected chi connectivity index (χ4v) is 10.4. The number of nitrogens with one attached hydrogen (secondary N) is 4. The maximum atomic E-state index is 15.0. The van der Waals surface area contributed by atoms with Gasteiger partial charge in [0.1, 0.15) is 29.3 Å². The average molecular weight is 1150 g/mol. The van der Waals surface area contributed by atoms with Gasteiger partial charge in [-0.15, -0.1) is 0 Å². The summed E-state index contributed by atoms with van der Waals surface area (Å²) in [6, 6.07) is 32.4. The maximum Gasteiger partial charge on any atom is 0.277 e. The lowest BCUT2D eigenvalue weighted by Gasteiger charge is -2.27. The second-order valence-electron chi connectivity index (χ2n) is 18.5. The van der Waals surface area contributed by atoms with E-state index in [-0.39, 0.29) is 37.4 Å². The molecule has 76 heavy (non-hydrogen) atoms. The molecule has 0 saturated heterocycles. The summed E-state index contributed by atoms with van der Waals surface area (Å²) in [7, 11) is 6.39. The number of halogens is 2. The van der Waals surface area contributed by atoms with Crippen molar-refractivity contribution in [3.63, 3.8) is 0 Å². The van der Waals surface area contributed by atoms with Crippen molar-refractivity contribution in [3.05, 3.63) is 159 Å². The zero-order valence-corrected chi connectivity index (χ0v) is 45.7. The predicted molar refractivity (Wildman–Crippen MR) is 300 cm³/mol. The lowest BCUT2D eigenvalue weighted by atomic mass is 10.0. The van der Waals surface area contributed by atoms with Gasteiger partial charge in [-0.25, -0.2) is 0 Å². The number of nitrogens with zero attached hydrogens (tertiary/aromatic N) is 5. The molecule has 2 aliphatic heterocycles. The van der Waals surface area contributed by atoms with E-state index in [1.54, 1.807) is 100 Å². The van der Waals surface area contributed by atoms with Gasteiger partial charge in [-0.2, -0.15) is 0 Å². The van der Waals surface area contributed by atoms with Crippen molar-refractivity contribution in [2.75, 3.05) is 61.0 Å². The Bertz CT molecular complexity index is 3210. The number of amides is 6. The first-order valence-corrected chi connectivity index (χ1v) is 26.1. The molecule has 3 heterocycles. The summed E-state index contributed by atoms with van der Waals surface area (Å²) in [5, 5.41) is 15.1. The molecule has 0 saturated carbocycles. The summed E-state index contributed by atoms with van der Waals surface area (Å²) in [6.07, 6.45) is 1.29. The third kappa shape index (κ3) is 10.5. The van der Waals surface area contributed by atoms with E-state index in [1.807, 2.05) is 60.7 Å². The van der Waals surface area contributed by atoms with Gasteiger partial charge in [-0.05, 0) is 122 Å². The van der Waals surface area contributed by atoms with Gasteiger partial charge in [0.25, 0.3) is 23.6 Å². The van der Waals surface area contributed by atoms with Crippen molar-refractivity contribution in [1.29, 1.82) is 0 Å². The smallest absolute Gasteiger partial charge is 0.277 e. The number of hydrogen-bond acceptors (Lipinski definition) is 11.